The molecule has 1 aromatic rings. The Hall–Kier alpha value is -1.09. The van der Waals surface area contributed by atoms with Crippen molar-refractivity contribution in [3.05, 3.63) is 23.9 Å². The Labute approximate surface area is 129 Å². The molecule has 1 aromatic heterocycles. The van der Waals surface area contributed by atoms with Crippen molar-refractivity contribution < 1.29 is 0 Å². The monoisotopic (exact) mass is 287 g/mol. The molecule has 21 heavy (non-hydrogen) atoms. The highest BCUT2D eigenvalue weighted by Gasteiger charge is 2.32. The number of fused-ring (bicyclic) bond motifs is 1. The van der Waals surface area contributed by atoms with E-state index in [4.69, 9.17) is 0 Å². The molecule has 2 fully saturated rings. The van der Waals surface area contributed by atoms with Crippen molar-refractivity contribution >= 4 is 5.82 Å². The topological polar surface area (TPSA) is 28.2 Å². The van der Waals surface area contributed by atoms with Crippen molar-refractivity contribution in [1.82, 2.24) is 9.88 Å². The summed E-state index contributed by atoms with van der Waals surface area (Å²) in [6, 6.07) is 5.26. The maximum atomic E-state index is 4.42. The van der Waals surface area contributed by atoms with Gasteiger partial charge in [0.05, 0.1) is 0 Å². The van der Waals surface area contributed by atoms with Crippen LogP contribution in [-0.2, 0) is 6.54 Å². The van der Waals surface area contributed by atoms with E-state index in [0.717, 1.165) is 37.3 Å². The SMILES string of the molecule is CCCNc1cc(CN2CCC[C@H]3CCCC[C@H]32)ccn1. The van der Waals surface area contributed by atoms with Crippen LogP contribution in [0.4, 0.5) is 5.82 Å². The molecule has 0 unspecified atom stereocenters. The molecule has 1 aliphatic heterocycles. The molecule has 0 spiro atoms. The van der Waals surface area contributed by atoms with Gasteiger partial charge in [0, 0.05) is 25.3 Å². The van der Waals surface area contributed by atoms with E-state index in [1.807, 2.05) is 6.20 Å². The van der Waals surface area contributed by atoms with Gasteiger partial charge < -0.3 is 5.32 Å². The van der Waals surface area contributed by atoms with Gasteiger partial charge >= 0.3 is 0 Å². The Bertz CT molecular complexity index is 444. The molecule has 0 radical (unpaired) electrons. The third-order valence-electron chi connectivity index (χ3n) is 5.12. The number of aromatic nitrogens is 1. The Balaban J connectivity index is 1.64. The number of anilines is 1. The van der Waals surface area contributed by atoms with Crippen LogP contribution >= 0.6 is 0 Å². The lowest BCUT2D eigenvalue weighted by Gasteiger charge is -2.44. The highest BCUT2D eigenvalue weighted by atomic mass is 15.2. The number of rotatable bonds is 5. The van der Waals surface area contributed by atoms with E-state index in [9.17, 15) is 0 Å². The Morgan fingerprint density at radius 1 is 1.24 bits per heavy atom. The van der Waals surface area contributed by atoms with E-state index in [2.05, 4.69) is 34.3 Å². The molecular weight excluding hydrogens is 258 g/mol. The molecule has 3 nitrogen and oxygen atoms in total. The van der Waals surface area contributed by atoms with Crippen LogP contribution in [0.15, 0.2) is 18.3 Å². The first-order chi connectivity index (χ1) is 10.4. The summed E-state index contributed by atoms with van der Waals surface area (Å²) in [5, 5.41) is 3.40. The molecule has 0 amide bonds. The minimum Gasteiger partial charge on any atom is -0.370 e. The van der Waals surface area contributed by atoms with Crippen molar-refractivity contribution in [3.63, 3.8) is 0 Å². The molecule has 2 aliphatic rings. The van der Waals surface area contributed by atoms with Crippen molar-refractivity contribution in [2.24, 2.45) is 5.92 Å². The van der Waals surface area contributed by atoms with Gasteiger partial charge in [0.2, 0.25) is 0 Å². The summed E-state index contributed by atoms with van der Waals surface area (Å²) >= 11 is 0. The molecule has 1 saturated heterocycles. The highest BCUT2D eigenvalue weighted by molar-refractivity contribution is 5.37. The van der Waals surface area contributed by atoms with Crippen LogP contribution in [0.5, 0.6) is 0 Å². The van der Waals surface area contributed by atoms with Gasteiger partial charge in [0.25, 0.3) is 0 Å². The highest BCUT2D eigenvalue weighted by Crippen LogP contribution is 2.35. The van der Waals surface area contributed by atoms with E-state index < -0.39 is 0 Å². The van der Waals surface area contributed by atoms with E-state index >= 15 is 0 Å². The average Bonchev–Trinajstić information content (AvgIpc) is 2.54. The number of hydrogen-bond donors (Lipinski definition) is 1. The van der Waals surface area contributed by atoms with Crippen molar-refractivity contribution in [3.8, 4) is 0 Å². The number of hydrogen-bond acceptors (Lipinski definition) is 3. The molecule has 1 N–H and O–H groups in total. The van der Waals surface area contributed by atoms with Gasteiger partial charge in [0.15, 0.2) is 0 Å². The van der Waals surface area contributed by atoms with Crippen LogP contribution in [0.2, 0.25) is 0 Å². The first-order valence-electron chi connectivity index (χ1n) is 8.79. The van der Waals surface area contributed by atoms with Crippen LogP contribution < -0.4 is 5.32 Å². The van der Waals surface area contributed by atoms with E-state index in [-0.39, 0.29) is 0 Å². The lowest BCUT2D eigenvalue weighted by atomic mass is 9.78. The number of likely N-dealkylation sites (tertiary alicyclic amines) is 1. The third-order valence-corrected chi connectivity index (χ3v) is 5.12. The average molecular weight is 287 g/mol. The van der Waals surface area contributed by atoms with Gasteiger partial charge in [-0.3, -0.25) is 4.90 Å². The predicted octanol–water partition coefficient (Wildman–Crippen LogP) is 4.06. The standard InChI is InChI=1S/C18H29N3/c1-2-10-19-18-13-15(9-11-20-18)14-21-12-5-7-16-6-3-4-8-17(16)21/h9,11,13,16-17H,2-8,10,12,14H2,1H3,(H,19,20)/t16-,17-/m1/s1. The summed E-state index contributed by atoms with van der Waals surface area (Å²) in [5.74, 6) is 2.00. The predicted molar refractivity (Wildman–Crippen MR) is 88.4 cm³/mol. The van der Waals surface area contributed by atoms with Crippen molar-refractivity contribution in [2.45, 2.75) is 64.5 Å². The largest absolute Gasteiger partial charge is 0.370 e. The van der Waals surface area contributed by atoms with Crippen LogP contribution in [0.25, 0.3) is 0 Å². The summed E-state index contributed by atoms with van der Waals surface area (Å²) in [4.78, 5) is 7.16. The lowest BCUT2D eigenvalue weighted by Crippen LogP contribution is -2.46. The molecule has 2 atom stereocenters. The quantitative estimate of drug-likeness (QED) is 0.885. The lowest BCUT2D eigenvalue weighted by molar-refractivity contribution is 0.0547. The molecule has 0 bridgehead atoms. The first-order valence-corrected chi connectivity index (χ1v) is 8.79. The molecular formula is C18H29N3. The molecule has 0 aromatic carbocycles. The summed E-state index contributed by atoms with van der Waals surface area (Å²) in [7, 11) is 0. The summed E-state index contributed by atoms with van der Waals surface area (Å²) in [5.41, 5.74) is 1.41. The van der Waals surface area contributed by atoms with Gasteiger partial charge in [0.1, 0.15) is 5.82 Å². The first kappa shape index (κ1) is 14.8. The summed E-state index contributed by atoms with van der Waals surface area (Å²) in [6.07, 6.45) is 11.7. The molecule has 3 heteroatoms. The van der Waals surface area contributed by atoms with Gasteiger partial charge in [-0.1, -0.05) is 19.8 Å². The van der Waals surface area contributed by atoms with Crippen LogP contribution in [0.3, 0.4) is 0 Å². The maximum absolute atomic E-state index is 4.42. The van der Waals surface area contributed by atoms with Crippen LogP contribution in [0, 0.1) is 5.92 Å². The second-order valence-corrected chi connectivity index (χ2v) is 6.70. The minimum absolute atomic E-state index is 0.840. The zero-order chi connectivity index (χ0) is 14.5. The molecule has 3 rings (SSSR count). The second kappa shape index (κ2) is 7.26. The van der Waals surface area contributed by atoms with E-state index in [0.29, 0.717) is 0 Å². The summed E-state index contributed by atoms with van der Waals surface area (Å²) in [6.45, 7) is 5.57. The fourth-order valence-corrected chi connectivity index (χ4v) is 4.08. The number of nitrogens with zero attached hydrogens (tertiary/aromatic N) is 2. The van der Waals surface area contributed by atoms with Gasteiger partial charge in [-0.2, -0.15) is 0 Å². The summed E-state index contributed by atoms with van der Waals surface area (Å²) < 4.78 is 0. The fourth-order valence-electron chi connectivity index (χ4n) is 4.08. The van der Waals surface area contributed by atoms with Gasteiger partial charge in [-0.05, 0) is 62.3 Å². The second-order valence-electron chi connectivity index (χ2n) is 6.70. The Morgan fingerprint density at radius 3 is 3.00 bits per heavy atom. The Morgan fingerprint density at radius 2 is 2.10 bits per heavy atom. The number of piperidine rings is 1. The molecule has 2 heterocycles. The van der Waals surface area contributed by atoms with E-state index in [1.54, 1.807) is 0 Å². The van der Waals surface area contributed by atoms with Crippen LogP contribution in [-0.4, -0.2) is 29.0 Å². The van der Waals surface area contributed by atoms with Gasteiger partial charge in [-0.25, -0.2) is 4.98 Å². The third kappa shape index (κ3) is 3.76. The molecule has 1 aliphatic carbocycles. The van der Waals surface area contributed by atoms with Crippen molar-refractivity contribution in [1.29, 1.82) is 0 Å². The zero-order valence-corrected chi connectivity index (χ0v) is 13.4. The normalized spacial score (nSPS) is 26.3. The maximum Gasteiger partial charge on any atom is 0.126 e. The van der Waals surface area contributed by atoms with Gasteiger partial charge in [-0.15, -0.1) is 0 Å². The minimum atomic E-state index is 0.840. The van der Waals surface area contributed by atoms with Crippen LogP contribution in [0.1, 0.15) is 57.4 Å². The van der Waals surface area contributed by atoms with E-state index in [1.165, 1.54) is 50.6 Å². The smallest absolute Gasteiger partial charge is 0.126 e. The number of pyridine rings is 1. The molecule has 116 valence electrons. The number of nitrogens with one attached hydrogen (secondary N) is 1. The Kier molecular flexibility index (Phi) is 5.13. The zero-order valence-electron chi connectivity index (χ0n) is 13.4. The fraction of sp³-hybridized carbons (Fsp3) is 0.722. The molecule has 1 saturated carbocycles. The van der Waals surface area contributed by atoms with Crippen molar-refractivity contribution in [2.75, 3.05) is 18.4 Å².